The third-order valence-electron chi connectivity index (χ3n) is 12.8. The van der Waals surface area contributed by atoms with Crippen LogP contribution in [0.2, 0.25) is 0 Å². The summed E-state index contributed by atoms with van der Waals surface area (Å²) < 4.78 is 23.3. The summed E-state index contributed by atoms with van der Waals surface area (Å²) in [6, 6.07) is -0.889. The van der Waals surface area contributed by atoms with Crippen LogP contribution in [-0.4, -0.2) is 68.5 Å². The molecule has 8 nitrogen and oxygen atoms in total. The number of amides is 1. The molecule has 0 radical (unpaired) electrons. The average Bonchev–Trinajstić information content (AvgIpc) is 3.28. The molecule has 390 valence electrons. The summed E-state index contributed by atoms with van der Waals surface area (Å²) in [4.78, 5) is 25.5. The van der Waals surface area contributed by atoms with Gasteiger partial charge >= 0.3 is 0 Å². The van der Waals surface area contributed by atoms with Crippen LogP contribution in [0, 0.1) is 0 Å². The van der Waals surface area contributed by atoms with Crippen LogP contribution in [0.1, 0.15) is 271 Å². The van der Waals surface area contributed by atoms with Crippen LogP contribution in [0.3, 0.4) is 0 Å². The minimum atomic E-state index is -4.60. The van der Waals surface area contributed by atoms with Crippen molar-refractivity contribution in [2.75, 3.05) is 40.9 Å². The fraction of sp³-hybridized carbons (Fsp3) is 0.877. The molecule has 66 heavy (non-hydrogen) atoms. The van der Waals surface area contributed by atoms with E-state index in [-0.39, 0.29) is 19.1 Å². The monoisotopic (exact) mass is 951 g/mol. The summed E-state index contributed by atoms with van der Waals surface area (Å²) in [7, 11) is 1.26. The van der Waals surface area contributed by atoms with Crippen molar-refractivity contribution in [1.82, 2.24) is 5.32 Å². The zero-order chi connectivity index (χ0) is 48.5. The summed E-state index contributed by atoms with van der Waals surface area (Å²) in [6.07, 6.45) is 62.1. The van der Waals surface area contributed by atoms with Gasteiger partial charge in [0.05, 0.1) is 39.9 Å². The summed E-state index contributed by atoms with van der Waals surface area (Å²) in [6.45, 7) is 4.65. The van der Waals surface area contributed by atoms with E-state index in [1.54, 1.807) is 6.08 Å². The first-order valence-corrected chi connectivity index (χ1v) is 29.8. The molecule has 1 amide bonds. The van der Waals surface area contributed by atoms with Gasteiger partial charge in [0.2, 0.25) is 5.91 Å². The van der Waals surface area contributed by atoms with E-state index in [9.17, 15) is 19.4 Å². The predicted octanol–water partition coefficient (Wildman–Crippen LogP) is 16.4. The summed E-state index contributed by atoms with van der Waals surface area (Å²) in [5.41, 5.74) is 0. The highest BCUT2D eigenvalue weighted by molar-refractivity contribution is 7.45. The average molecular weight is 951 g/mol. The maximum absolute atomic E-state index is 12.9. The Morgan fingerprint density at radius 3 is 1.29 bits per heavy atom. The Bertz CT molecular complexity index is 1170. The Balaban J connectivity index is 4.22. The maximum Gasteiger partial charge on any atom is 0.268 e. The molecule has 3 atom stereocenters. The zero-order valence-electron chi connectivity index (χ0n) is 44.4. The SMILES string of the molecule is CCCCC/C=C\C/C=C\CCCCCCCCCCCC(=O)NC(COP(=O)([O-])OCC[N+](C)(C)C)C(O)/C=C/CCCCCCCCCCCCCCCCCCCCCCCCC. The second-order valence-corrected chi connectivity index (χ2v) is 22.1. The van der Waals surface area contributed by atoms with E-state index in [1.165, 1.54) is 205 Å². The molecule has 9 heteroatoms. The van der Waals surface area contributed by atoms with Crippen molar-refractivity contribution in [3.8, 4) is 0 Å². The van der Waals surface area contributed by atoms with Crippen molar-refractivity contribution in [2.45, 2.75) is 283 Å². The molecular weight excluding hydrogens is 840 g/mol. The lowest BCUT2D eigenvalue weighted by Crippen LogP contribution is -2.45. The number of hydrogen-bond acceptors (Lipinski definition) is 6. The van der Waals surface area contributed by atoms with Crippen molar-refractivity contribution in [2.24, 2.45) is 0 Å². The van der Waals surface area contributed by atoms with Crippen molar-refractivity contribution in [3.63, 3.8) is 0 Å². The van der Waals surface area contributed by atoms with Crippen LogP contribution in [0.15, 0.2) is 36.5 Å². The minimum absolute atomic E-state index is 0.00149. The lowest BCUT2D eigenvalue weighted by molar-refractivity contribution is -0.870. The summed E-state index contributed by atoms with van der Waals surface area (Å²) >= 11 is 0. The highest BCUT2D eigenvalue weighted by Gasteiger charge is 2.23. The molecule has 0 aliphatic heterocycles. The normalized spacial score (nSPS) is 14.2. The Morgan fingerprint density at radius 1 is 0.530 bits per heavy atom. The van der Waals surface area contributed by atoms with E-state index >= 15 is 0 Å². The van der Waals surface area contributed by atoms with Crippen LogP contribution in [0.25, 0.3) is 0 Å². The minimum Gasteiger partial charge on any atom is -0.756 e. The van der Waals surface area contributed by atoms with E-state index in [0.29, 0.717) is 17.4 Å². The second kappa shape index (κ2) is 48.7. The van der Waals surface area contributed by atoms with Gasteiger partial charge in [-0.1, -0.05) is 249 Å². The van der Waals surface area contributed by atoms with Gasteiger partial charge in [-0.2, -0.15) is 0 Å². The largest absolute Gasteiger partial charge is 0.756 e. The quantitative estimate of drug-likeness (QED) is 0.0272. The molecule has 2 N–H and O–H groups in total. The number of phosphoric ester groups is 1. The van der Waals surface area contributed by atoms with Gasteiger partial charge in [0.15, 0.2) is 0 Å². The summed E-state index contributed by atoms with van der Waals surface area (Å²) in [5.74, 6) is -0.199. The van der Waals surface area contributed by atoms with Gasteiger partial charge < -0.3 is 28.8 Å². The van der Waals surface area contributed by atoms with Gasteiger partial charge in [0, 0.05) is 6.42 Å². The number of allylic oxidation sites excluding steroid dienone is 5. The topological polar surface area (TPSA) is 108 Å². The second-order valence-electron chi connectivity index (χ2n) is 20.6. The van der Waals surface area contributed by atoms with Crippen LogP contribution in [0.4, 0.5) is 0 Å². The van der Waals surface area contributed by atoms with Crippen molar-refractivity contribution in [3.05, 3.63) is 36.5 Å². The van der Waals surface area contributed by atoms with Crippen LogP contribution in [-0.2, 0) is 18.4 Å². The lowest BCUT2D eigenvalue weighted by Gasteiger charge is -2.29. The fourth-order valence-electron chi connectivity index (χ4n) is 8.36. The number of aliphatic hydroxyl groups is 1. The van der Waals surface area contributed by atoms with E-state index in [4.69, 9.17) is 9.05 Å². The number of quaternary nitrogens is 1. The first-order chi connectivity index (χ1) is 32.0. The lowest BCUT2D eigenvalue weighted by atomic mass is 10.0. The fourth-order valence-corrected chi connectivity index (χ4v) is 9.08. The maximum atomic E-state index is 12.9. The molecule has 0 rings (SSSR count). The Labute approximate surface area is 410 Å². The molecule has 0 aromatic heterocycles. The molecule has 0 saturated carbocycles. The Hall–Kier alpha value is -1.28. The third kappa shape index (κ3) is 50.6. The highest BCUT2D eigenvalue weighted by atomic mass is 31.2. The number of carbonyl (C=O) groups excluding carboxylic acids is 1. The van der Waals surface area contributed by atoms with E-state index in [0.717, 1.165) is 44.9 Å². The van der Waals surface area contributed by atoms with Crippen LogP contribution < -0.4 is 10.2 Å². The number of nitrogens with one attached hydrogen (secondary N) is 1. The van der Waals surface area contributed by atoms with Gasteiger partial charge in [-0.05, 0) is 51.4 Å². The van der Waals surface area contributed by atoms with Gasteiger partial charge in [0.1, 0.15) is 13.2 Å². The molecule has 0 spiro atoms. The van der Waals surface area contributed by atoms with Crippen LogP contribution >= 0.6 is 7.82 Å². The van der Waals surface area contributed by atoms with Crippen LogP contribution in [0.5, 0.6) is 0 Å². The van der Waals surface area contributed by atoms with Gasteiger partial charge in [-0.15, -0.1) is 0 Å². The third-order valence-corrected chi connectivity index (χ3v) is 13.8. The van der Waals surface area contributed by atoms with Gasteiger partial charge in [-0.25, -0.2) is 0 Å². The van der Waals surface area contributed by atoms with Crippen molar-refractivity contribution >= 4 is 13.7 Å². The highest BCUT2D eigenvalue weighted by Crippen LogP contribution is 2.38. The molecule has 0 fully saturated rings. The number of nitrogens with zero attached hydrogens (tertiary/aromatic N) is 1. The standard InChI is InChI=1S/C57H111N2O6P/c1-6-8-10-12-14-16-18-20-22-24-26-27-28-29-30-31-33-34-36-38-40-42-44-46-48-50-56(60)55(54-65-66(62,63)64-53-52-59(3,4)5)58-57(61)51-49-47-45-43-41-39-37-35-32-25-23-21-19-17-15-13-11-9-7-2/h15,17,21,23,48,50,55-56,60H,6-14,16,18-20,22,24-47,49,51-54H2,1-5H3,(H-,58,61,62,63)/b17-15-,23-21-,50-48+. The number of aliphatic hydroxyl groups excluding tert-OH is 1. The van der Waals surface area contributed by atoms with E-state index in [2.05, 4.69) is 43.5 Å². The Kier molecular flexibility index (Phi) is 47.8. The van der Waals surface area contributed by atoms with Gasteiger partial charge in [-0.3, -0.25) is 9.36 Å². The molecule has 0 aliphatic carbocycles. The molecular formula is C57H111N2O6P. The number of carbonyl (C=O) groups is 1. The number of phosphoric acid groups is 1. The van der Waals surface area contributed by atoms with Crippen molar-refractivity contribution < 1.29 is 32.9 Å². The molecule has 0 aliphatic rings. The number of unbranched alkanes of at least 4 members (excludes halogenated alkanes) is 35. The molecule has 0 bridgehead atoms. The molecule has 0 heterocycles. The smallest absolute Gasteiger partial charge is 0.268 e. The zero-order valence-corrected chi connectivity index (χ0v) is 45.3. The first-order valence-electron chi connectivity index (χ1n) is 28.4. The molecule has 0 saturated heterocycles. The van der Waals surface area contributed by atoms with Crippen molar-refractivity contribution in [1.29, 1.82) is 0 Å². The van der Waals surface area contributed by atoms with E-state index < -0.39 is 20.0 Å². The van der Waals surface area contributed by atoms with Gasteiger partial charge in [0.25, 0.3) is 7.82 Å². The van der Waals surface area contributed by atoms with E-state index in [1.807, 2.05) is 27.2 Å². The number of likely N-dealkylation sites (N-methyl/N-ethyl adjacent to an activating group) is 1. The summed E-state index contributed by atoms with van der Waals surface area (Å²) in [5, 5.41) is 13.9. The molecule has 3 unspecified atom stereocenters. The predicted molar refractivity (Wildman–Crippen MR) is 284 cm³/mol. The Morgan fingerprint density at radius 2 is 0.879 bits per heavy atom. The first kappa shape index (κ1) is 64.7. The number of hydrogen-bond donors (Lipinski definition) is 2. The number of rotatable bonds is 52. The molecule has 0 aromatic carbocycles. The molecule has 0 aromatic rings.